The molecule has 0 bridgehead atoms. The Labute approximate surface area is 163 Å². The standard InChI is InChI=1S/C22H24FN3O2/c1-22(2,3)20-12-17(24-25-20)13-26(4)21(28)15-7-5-14(6-8-15)18-11-16(23)9-10-19(18)27/h5-12,27H,13H2,1-4H3,(H,24,25). The molecule has 3 rings (SSSR count). The number of rotatable bonds is 4. The minimum absolute atomic E-state index is 0.00788. The van der Waals surface area contributed by atoms with E-state index in [0.29, 0.717) is 23.2 Å². The normalized spacial score (nSPS) is 11.5. The number of hydrogen-bond donors (Lipinski definition) is 2. The summed E-state index contributed by atoms with van der Waals surface area (Å²) in [6.45, 7) is 6.66. The fourth-order valence-corrected chi connectivity index (χ4v) is 2.91. The van der Waals surface area contributed by atoms with Crippen LogP contribution in [0.25, 0.3) is 11.1 Å². The fourth-order valence-electron chi connectivity index (χ4n) is 2.91. The number of aromatic nitrogens is 2. The van der Waals surface area contributed by atoms with Crippen LogP contribution in [0.3, 0.4) is 0 Å². The number of phenols is 1. The number of hydrogen-bond acceptors (Lipinski definition) is 3. The van der Waals surface area contributed by atoms with Gasteiger partial charge in [0.25, 0.3) is 5.91 Å². The molecule has 1 heterocycles. The van der Waals surface area contributed by atoms with Gasteiger partial charge in [0.15, 0.2) is 0 Å². The van der Waals surface area contributed by atoms with E-state index in [4.69, 9.17) is 0 Å². The summed E-state index contributed by atoms with van der Waals surface area (Å²) in [4.78, 5) is 14.3. The van der Waals surface area contributed by atoms with Gasteiger partial charge in [-0.15, -0.1) is 0 Å². The number of halogens is 1. The Hall–Kier alpha value is -3.15. The summed E-state index contributed by atoms with van der Waals surface area (Å²) < 4.78 is 13.4. The fraction of sp³-hybridized carbons (Fsp3) is 0.273. The van der Waals surface area contributed by atoms with Crippen LogP contribution in [0.1, 0.15) is 42.5 Å². The molecule has 2 N–H and O–H groups in total. The molecule has 1 amide bonds. The molecule has 2 aromatic carbocycles. The van der Waals surface area contributed by atoms with E-state index in [9.17, 15) is 14.3 Å². The molecule has 6 heteroatoms. The minimum Gasteiger partial charge on any atom is -0.507 e. The zero-order valence-electron chi connectivity index (χ0n) is 16.5. The van der Waals surface area contributed by atoms with Gasteiger partial charge in [0.1, 0.15) is 11.6 Å². The molecule has 0 atom stereocenters. The first-order chi connectivity index (χ1) is 13.1. The zero-order chi connectivity index (χ0) is 20.5. The summed E-state index contributed by atoms with van der Waals surface area (Å²) in [6.07, 6.45) is 0. The molecule has 28 heavy (non-hydrogen) atoms. The van der Waals surface area contributed by atoms with Crippen LogP contribution in [0.5, 0.6) is 5.75 Å². The topological polar surface area (TPSA) is 69.2 Å². The highest BCUT2D eigenvalue weighted by atomic mass is 19.1. The number of H-pyrrole nitrogens is 1. The molecule has 0 saturated carbocycles. The average Bonchev–Trinajstić information content (AvgIpc) is 3.12. The lowest BCUT2D eigenvalue weighted by Gasteiger charge is -2.17. The predicted molar refractivity (Wildman–Crippen MR) is 107 cm³/mol. The largest absolute Gasteiger partial charge is 0.507 e. The highest BCUT2D eigenvalue weighted by Gasteiger charge is 2.19. The number of nitrogens with one attached hydrogen (secondary N) is 1. The van der Waals surface area contributed by atoms with E-state index in [0.717, 1.165) is 11.4 Å². The molecular formula is C22H24FN3O2. The summed E-state index contributed by atoms with van der Waals surface area (Å²) in [5.41, 5.74) is 3.29. The van der Waals surface area contributed by atoms with Gasteiger partial charge in [-0.25, -0.2) is 4.39 Å². The van der Waals surface area contributed by atoms with Crippen LogP contribution >= 0.6 is 0 Å². The van der Waals surface area contributed by atoms with Crippen molar-refractivity contribution in [1.82, 2.24) is 15.1 Å². The van der Waals surface area contributed by atoms with Crippen molar-refractivity contribution in [2.24, 2.45) is 0 Å². The van der Waals surface area contributed by atoms with Gasteiger partial charge < -0.3 is 10.0 Å². The Morgan fingerprint density at radius 2 is 1.82 bits per heavy atom. The number of nitrogens with zero attached hydrogens (tertiary/aromatic N) is 2. The van der Waals surface area contributed by atoms with Crippen LogP contribution in [0.4, 0.5) is 4.39 Å². The van der Waals surface area contributed by atoms with E-state index in [-0.39, 0.29) is 17.1 Å². The first-order valence-electron chi connectivity index (χ1n) is 9.04. The van der Waals surface area contributed by atoms with Crippen LogP contribution in [0.15, 0.2) is 48.5 Å². The molecule has 0 aliphatic rings. The van der Waals surface area contributed by atoms with Crippen molar-refractivity contribution in [3.8, 4) is 16.9 Å². The van der Waals surface area contributed by atoms with Crippen LogP contribution < -0.4 is 0 Å². The summed E-state index contributed by atoms with van der Waals surface area (Å²) in [5, 5.41) is 17.2. The number of aromatic hydroxyl groups is 1. The molecule has 1 aromatic heterocycles. The van der Waals surface area contributed by atoms with Gasteiger partial charge in [-0.2, -0.15) is 5.10 Å². The summed E-state index contributed by atoms with van der Waals surface area (Å²) in [7, 11) is 1.73. The van der Waals surface area contributed by atoms with Gasteiger partial charge in [0.05, 0.1) is 17.9 Å². The SMILES string of the molecule is CN(Cc1cc(C(C)(C)C)n[nH]1)C(=O)c1ccc(-c2cc(F)ccc2O)cc1. The Morgan fingerprint density at radius 1 is 1.14 bits per heavy atom. The van der Waals surface area contributed by atoms with E-state index >= 15 is 0 Å². The summed E-state index contributed by atoms with van der Waals surface area (Å²) in [5.74, 6) is -0.574. The van der Waals surface area contributed by atoms with Crippen LogP contribution in [0.2, 0.25) is 0 Å². The molecule has 146 valence electrons. The molecule has 0 fully saturated rings. The third-order valence-electron chi connectivity index (χ3n) is 4.55. The van der Waals surface area contributed by atoms with Crippen LogP contribution in [0, 0.1) is 5.82 Å². The van der Waals surface area contributed by atoms with Gasteiger partial charge in [-0.1, -0.05) is 32.9 Å². The maximum atomic E-state index is 13.4. The average molecular weight is 381 g/mol. The van der Waals surface area contributed by atoms with Crippen molar-refractivity contribution >= 4 is 5.91 Å². The van der Waals surface area contributed by atoms with E-state index < -0.39 is 5.82 Å². The Kier molecular flexibility index (Phi) is 5.23. The van der Waals surface area contributed by atoms with Crippen LogP contribution in [-0.4, -0.2) is 33.2 Å². The monoisotopic (exact) mass is 381 g/mol. The van der Waals surface area contributed by atoms with E-state index in [1.54, 1.807) is 36.2 Å². The number of carbonyl (C=O) groups excluding carboxylic acids is 1. The zero-order valence-corrected chi connectivity index (χ0v) is 16.5. The Balaban J connectivity index is 1.73. The van der Waals surface area contributed by atoms with Gasteiger partial charge >= 0.3 is 0 Å². The van der Waals surface area contributed by atoms with E-state index in [1.165, 1.54) is 18.2 Å². The smallest absolute Gasteiger partial charge is 0.253 e. The Morgan fingerprint density at radius 3 is 2.43 bits per heavy atom. The maximum absolute atomic E-state index is 13.4. The molecule has 0 aliphatic carbocycles. The lowest BCUT2D eigenvalue weighted by molar-refractivity contribution is 0.0783. The van der Waals surface area contributed by atoms with Gasteiger partial charge in [0, 0.05) is 23.6 Å². The summed E-state index contributed by atoms with van der Waals surface area (Å²) in [6, 6.07) is 12.5. The molecule has 0 aliphatic heterocycles. The molecular weight excluding hydrogens is 357 g/mol. The summed E-state index contributed by atoms with van der Waals surface area (Å²) >= 11 is 0. The predicted octanol–water partition coefficient (Wildman–Crippen LogP) is 4.49. The number of carbonyl (C=O) groups is 1. The van der Waals surface area contributed by atoms with Crippen molar-refractivity contribution in [3.05, 3.63) is 71.3 Å². The first kappa shape index (κ1) is 19.6. The molecule has 3 aromatic rings. The molecule has 0 saturated heterocycles. The highest BCUT2D eigenvalue weighted by Crippen LogP contribution is 2.30. The quantitative estimate of drug-likeness (QED) is 0.700. The number of phenolic OH excluding ortho intramolecular Hbond substituents is 1. The van der Waals surface area contributed by atoms with Gasteiger partial charge in [-0.05, 0) is 42.0 Å². The van der Waals surface area contributed by atoms with Crippen molar-refractivity contribution in [1.29, 1.82) is 0 Å². The minimum atomic E-state index is -0.429. The second-order valence-corrected chi connectivity index (χ2v) is 7.93. The van der Waals surface area contributed by atoms with Gasteiger partial charge in [0.2, 0.25) is 0 Å². The van der Waals surface area contributed by atoms with Gasteiger partial charge in [-0.3, -0.25) is 9.89 Å². The second-order valence-electron chi connectivity index (χ2n) is 7.93. The maximum Gasteiger partial charge on any atom is 0.253 e. The third-order valence-corrected chi connectivity index (χ3v) is 4.55. The lowest BCUT2D eigenvalue weighted by atomic mass is 9.92. The Bertz CT molecular complexity index is 988. The van der Waals surface area contributed by atoms with Crippen molar-refractivity contribution in [2.45, 2.75) is 32.7 Å². The number of benzene rings is 2. The van der Waals surface area contributed by atoms with E-state index in [1.807, 2.05) is 6.07 Å². The lowest BCUT2D eigenvalue weighted by Crippen LogP contribution is -2.26. The first-order valence-corrected chi connectivity index (χ1v) is 9.04. The van der Waals surface area contributed by atoms with Crippen molar-refractivity contribution < 1.29 is 14.3 Å². The molecule has 0 unspecified atom stereocenters. The third kappa shape index (κ3) is 4.22. The van der Waals surface area contributed by atoms with Crippen LogP contribution in [-0.2, 0) is 12.0 Å². The number of amides is 1. The molecule has 5 nitrogen and oxygen atoms in total. The molecule has 0 radical (unpaired) electrons. The van der Waals surface area contributed by atoms with Crippen molar-refractivity contribution in [3.63, 3.8) is 0 Å². The highest BCUT2D eigenvalue weighted by molar-refractivity contribution is 5.94. The number of aromatic amines is 1. The molecule has 0 spiro atoms. The van der Waals surface area contributed by atoms with E-state index in [2.05, 4.69) is 31.0 Å². The van der Waals surface area contributed by atoms with Crippen molar-refractivity contribution in [2.75, 3.05) is 7.05 Å². The second kappa shape index (κ2) is 7.46.